The zero-order valence-corrected chi connectivity index (χ0v) is 44.0. The predicted molar refractivity (Wildman–Crippen MR) is 331 cm³/mol. The molecule has 0 heterocycles. The first-order valence-electron chi connectivity index (χ1n) is 28.0. The Labute approximate surface area is 468 Å². The van der Waals surface area contributed by atoms with Crippen LogP contribution in [0.4, 0.5) is 17.1 Å². The Kier molecular flexibility index (Phi) is 10.4. The van der Waals surface area contributed by atoms with Gasteiger partial charge >= 0.3 is 0 Å². The van der Waals surface area contributed by atoms with Gasteiger partial charge in [0.25, 0.3) is 0 Å². The molecule has 80 heavy (non-hydrogen) atoms. The van der Waals surface area contributed by atoms with Gasteiger partial charge in [-0.3, -0.25) is 0 Å². The van der Waals surface area contributed by atoms with Crippen LogP contribution >= 0.6 is 0 Å². The van der Waals surface area contributed by atoms with Gasteiger partial charge in [-0.25, -0.2) is 0 Å². The highest BCUT2D eigenvalue weighted by atomic mass is 15.1. The van der Waals surface area contributed by atoms with E-state index >= 15 is 0 Å². The first-order valence-corrected chi connectivity index (χ1v) is 28.0. The van der Waals surface area contributed by atoms with Crippen molar-refractivity contribution in [1.29, 1.82) is 0 Å². The second kappa shape index (κ2) is 18.0. The van der Waals surface area contributed by atoms with Gasteiger partial charge in [0.1, 0.15) is 0 Å². The molecule has 13 aromatic rings. The second-order valence-corrected chi connectivity index (χ2v) is 21.8. The van der Waals surface area contributed by atoms with E-state index in [1.165, 1.54) is 111 Å². The summed E-state index contributed by atoms with van der Waals surface area (Å²) >= 11 is 0. The summed E-state index contributed by atoms with van der Waals surface area (Å²) in [6.07, 6.45) is 0. The largest absolute Gasteiger partial charge is 0.310 e. The predicted octanol–water partition coefficient (Wildman–Crippen LogP) is 19.4. The fraction of sp³-hybridized carbons (Fsp3) is 0.0380. The molecular weight excluding hydrogens is 963 g/mol. The Morgan fingerprint density at radius 1 is 0.175 bits per heavy atom. The summed E-state index contributed by atoms with van der Waals surface area (Å²) in [4.78, 5) is 2.49. The zero-order valence-electron chi connectivity index (χ0n) is 44.0. The molecule has 0 amide bonds. The summed E-state index contributed by atoms with van der Waals surface area (Å²) in [5.74, 6) is 0. The standard InChI is InChI=1S/C79H53N/c1-5-25-56(26-6-1)77(71-37-19-15-33-65(71)66-34-16-20-38-72(66)77)60-41-45-62(46-42-60)80(63-47-43-61(44-48-63)78(57-27-7-2-8-28-57)73-39-21-17-35-67(73)68-36-18-22-40-74(68)78)64-49-50-69-70-51-54-23-13-14-24-55(54)52-75(70)79(76(69)53-64,58-29-9-3-10-30-58)59-31-11-4-12-32-59/h1-53H. The van der Waals surface area contributed by atoms with Crippen LogP contribution in [0.2, 0.25) is 0 Å². The second-order valence-electron chi connectivity index (χ2n) is 21.8. The summed E-state index contributed by atoms with van der Waals surface area (Å²) in [7, 11) is 0. The lowest BCUT2D eigenvalue weighted by Gasteiger charge is -2.36. The van der Waals surface area contributed by atoms with E-state index in [4.69, 9.17) is 0 Å². The van der Waals surface area contributed by atoms with E-state index in [2.05, 4.69) is 326 Å². The maximum atomic E-state index is 2.51. The minimum Gasteiger partial charge on any atom is -0.310 e. The highest BCUT2D eigenvalue weighted by Gasteiger charge is 2.49. The van der Waals surface area contributed by atoms with E-state index in [0.717, 1.165) is 17.1 Å². The number of hydrogen-bond acceptors (Lipinski definition) is 1. The Hall–Kier alpha value is -10.1. The average molecular weight is 1020 g/mol. The number of hydrogen-bond donors (Lipinski definition) is 0. The maximum Gasteiger partial charge on any atom is 0.0714 e. The van der Waals surface area contributed by atoms with Gasteiger partial charge < -0.3 is 4.90 Å². The van der Waals surface area contributed by atoms with Crippen LogP contribution in [0.1, 0.15) is 66.8 Å². The summed E-state index contributed by atoms with van der Waals surface area (Å²) in [6.45, 7) is 0. The van der Waals surface area contributed by atoms with Crippen LogP contribution in [-0.4, -0.2) is 0 Å². The molecule has 0 unspecified atom stereocenters. The van der Waals surface area contributed by atoms with Gasteiger partial charge in [-0.05, 0) is 159 Å². The van der Waals surface area contributed by atoms with Crippen molar-refractivity contribution in [3.8, 4) is 33.4 Å². The third-order valence-electron chi connectivity index (χ3n) is 18.1. The fourth-order valence-corrected chi connectivity index (χ4v) is 14.9. The molecule has 0 fully saturated rings. The maximum absolute atomic E-state index is 2.51. The molecule has 1 heteroatoms. The molecule has 16 rings (SSSR count). The summed E-state index contributed by atoms with van der Waals surface area (Å²) in [6, 6.07) is 121. The van der Waals surface area contributed by atoms with Crippen molar-refractivity contribution >= 4 is 27.8 Å². The van der Waals surface area contributed by atoms with Gasteiger partial charge in [-0.1, -0.05) is 273 Å². The highest BCUT2D eigenvalue weighted by molar-refractivity contribution is 5.97. The summed E-state index contributed by atoms with van der Waals surface area (Å²) < 4.78 is 0. The smallest absolute Gasteiger partial charge is 0.0714 e. The van der Waals surface area contributed by atoms with Crippen LogP contribution in [0, 0.1) is 0 Å². The van der Waals surface area contributed by atoms with E-state index in [1.807, 2.05) is 0 Å². The van der Waals surface area contributed by atoms with Crippen LogP contribution in [-0.2, 0) is 16.2 Å². The first kappa shape index (κ1) is 46.1. The first-order chi connectivity index (χ1) is 39.7. The number of anilines is 3. The van der Waals surface area contributed by atoms with Crippen LogP contribution in [0.15, 0.2) is 322 Å². The van der Waals surface area contributed by atoms with Gasteiger partial charge in [0, 0.05) is 17.1 Å². The van der Waals surface area contributed by atoms with Crippen molar-refractivity contribution in [2.75, 3.05) is 4.90 Å². The minimum absolute atomic E-state index is 0.521. The molecule has 0 bridgehead atoms. The molecular formula is C79H53N. The molecule has 374 valence electrons. The van der Waals surface area contributed by atoms with Crippen molar-refractivity contribution in [2.24, 2.45) is 0 Å². The molecule has 0 radical (unpaired) electrons. The van der Waals surface area contributed by atoms with Crippen molar-refractivity contribution in [2.45, 2.75) is 16.2 Å². The topological polar surface area (TPSA) is 3.24 Å². The molecule has 0 spiro atoms. The van der Waals surface area contributed by atoms with Crippen molar-refractivity contribution in [3.05, 3.63) is 388 Å². The van der Waals surface area contributed by atoms with E-state index < -0.39 is 16.2 Å². The number of rotatable bonds is 9. The molecule has 3 aliphatic rings. The molecule has 0 saturated heterocycles. The lowest BCUT2D eigenvalue weighted by Crippen LogP contribution is -2.29. The third-order valence-corrected chi connectivity index (χ3v) is 18.1. The molecule has 3 aliphatic carbocycles. The number of benzene rings is 13. The summed E-state index contributed by atoms with van der Waals surface area (Å²) in [5, 5.41) is 2.47. The quantitative estimate of drug-likeness (QED) is 0.139. The minimum atomic E-state index is -0.608. The van der Waals surface area contributed by atoms with E-state index in [9.17, 15) is 0 Å². The van der Waals surface area contributed by atoms with E-state index in [0.29, 0.717) is 0 Å². The molecule has 0 aromatic heterocycles. The molecule has 0 atom stereocenters. The number of fused-ring (bicyclic) bond motifs is 10. The van der Waals surface area contributed by atoms with Crippen molar-refractivity contribution < 1.29 is 0 Å². The van der Waals surface area contributed by atoms with Crippen LogP contribution in [0.25, 0.3) is 44.2 Å². The van der Waals surface area contributed by atoms with Gasteiger partial charge in [-0.15, -0.1) is 0 Å². The molecule has 0 aliphatic heterocycles. The van der Waals surface area contributed by atoms with Crippen molar-refractivity contribution in [3.63, 3.8) is 0 Å². The summed E-state index contributed by atoms with van der Waals surface area (Å²) in [5.41, 5.74) is 24.5. The molecule has 1 nitrogen and oxygen atoms in total. The highest BCUT2D eigenvalue weighted by Crippen LogP contribution is 2.61. The normalized spacial score (nSPS) is 14.3. The van der Waals surface area contributed by atoms with Gasteiger partial charge in [0.2, 0.25) is 0 Å². The lowest BCUT2D eigenvalue weighted by atomic mass is 9.67. The SMILES string of the molecule is c1ccc(C2(c3ccc(N(c4ccc(C5(c6ccccc6)c6ccccc6-c6ccccc65)cc4)c4ccc5c(c4)C(c4ccccc4)(c4ccccc4)c4cc6ccccc6cc4-5)cc3)c3ccccc3-c3ccccc32)cc1. The van der Waals surface area contributed by atoms with Gasteiger partial charge in [0.15, 0.2) is 0 Å². The Morgan fingerprint density at radius 3 is 0.838 bits per heavy atom. The fourth-order valence-electron chi connectivity index (χ4n) is 14.9. The van der Waals surface area contributed by atoms with Crippen LogP contribution in [0.5, 0.6) is 0 Å². The van der Waals surface area contributed by atoms with E-state index in [-0.39, 0.29) is 0 Å². The Bertz CT molecular complexity index is 4190. The molecule has 0 N–H and O–H groups in total. The van der Waals surface area contributed by atoms with Gasteiger partial charge in [-0.2, -0.15) is 0 Å². The third kappa shape index (κ3) is 6.40. The Morgan fingerprint density at radius 2 is 0.450 bits per heavy atom. The number of nitrogens with zero attached hydrogens (tertiary/aromatic N) is 1. The molecule has 0 saturated carbocycles. The zero-order chi connectivity index (χ0) is 52.8. The average Bonchev–Trinajstić information content (AvgIpc) is 3.68. The molecule has 13 aromatic carbocycles. The van der Waals surface area contributed by atoms with Crippen LogP contribution in [0.3, 0.4) is 0 Å². The van der Waals surface area contributed by atoms with Gasteiger partial charge in [0.05, 0.1) is 16.2 Å². The van der Waals surface area contributed by atoms with Crippen molar-refractivity contribution in [1.82, 2.24) is 0 Å². The lowest BCUT2D eigenvalue weighted by molar-refractivity contribution is 0.767. The Balaban J connectivity index is 0.936. The van der Waals surface area contributed by atoms with E-state index in [1.54, 1.807) is 0 Å². The van der Waals surface area contributed by atoms with Crippen LogP contribution < -0.4 is 4.90 Å². The monoisotopic (exact) mass is 1020 g/mol.